The van der Waals surface area contributed by atoms with E-state index in [0.29, 0.717) is 56.9 Å². The van der Waals surface area contributed by atoms with Crippen LogP contribution in [0.2, 0.25) is 0 Å². The predicted octanol–water partition coefficient (Wildman–Crippen LogP) is 1.74. The zero-order valence-corrected chi connectivity index (χ0v) is 15.9. The van der Waals surface area contributed by atoms with Gasteiger partial charge in [0.1, 0.15) is 0 Å². The van der Waals surface area contributed by atoms with Crippen molar-refractivity contribution in [2.75, 3.05) is 38.2 Å². The first-order chi connectivity index (χ1) is 13.0. The number of piperidine rings is 1. The summed E-state index contributed by atoms with van der Waals surface area (Å²) >= 11 is 0. The lowest BCUT2D eigenvalue weighted by molar-refractivity contribution is -0.132. The molecule has 0 aromatic heterocycles. The van der Waals surface area contributed by atoms with Crippen molar-refractivity contribution < 1.29 is 19.1 Å². The second kappa shape index (κ2) is 8.52. The number of nitrogens with zero attached hydrogens (tertiary/aromatic N) is 2. The number of amides is 3. The largest absolute Gasteiger partial charge is 0.377 e. The Morgan fingerprint density at radius 1 is 1.15 bits per heavy atom. The molecule has 3 amide bonds. The number of ether oxygens (including phenoxy) is 1. The van der Waals surface area contributed by atoms with E-state index in [1.54, 1.807) is 36.1 Å². The van der Waals surface area contributed by atoms with Crippen molar-refractivity contribution in [1.29, 1.82) is 0 Å². The molecule has 0 saturated carbocycles. The van der Waals surface area contributed by atoms with Gasteiger partial charge in [0.2, 0.25) is 11.8 Å². The molecule has 0 radical (unpaired) electrons. The number of carbonyl (C=O) groups is 3. The van der Waals surface area contributed by atoms with Crippen molar-refractivity contribution in [1.82, 2.24) is 9.80 Å². The Balaban J connectivity index is 1.61. The highest BCUT2D eigenvalue weighted by atomic mass is 16.5. The van der Waals surface area contributed by atoms with Gasteiger partial charge in [-0.2, -0.15) is 0 Å². The molecule has 2 aliphatic rings. The van der Waals surface area contributed by atoms with Crippen molar-refractivity contribution in [2.45, 2.75) is 32.7 Å². The normalized spacial score (nSPS) is 21.0. The van der Waals surface area contributed by atoms with Crippen LogP contribution in [-0.2, 0) is 14.3 Å². The van der Waals surface area contributed by atoms with Crippen LogP contribution in [0.3, 0.4) is 0 Å². The number of anilines is 1. The van der Waals surface area contributed by atoms with E-state index in [0.717, 1.165) is 0 Å². The van der Waals surface area contributed by atoms with Crippen LogP contribution >= 0.6 is 0 Å². The van der Waals surface area contributed by atoms with Gasteiger partial charge in [-0.15, -0.1) is 0 Å². The maximum absolute atomic E-state index is 12.8. The summed E-state index contributed by atoms with van der Waals surface area (Å²) in [5.41, 5.74) is 1.19. The molecule has 7 heteroatoms. The van der Waals surface area contributed by atoms with Gasteiger partial charge in [-0.25, -0.2) is 0 Å². The van der Waals surface area contributed by atoms with Crippen molar-refractivity contribution in [2.24, 2.45) is 5.92 Å². The predicted molar refractivity (Wildman–Crippen MR) is 101 cm³/mol. The van der Waals surface area contributed by atoms with E-state index in [2.05, 4.69) is 5.32 Å². The van der Waals surface area contributed by atoms with Crippen molar-refractivity contribution in [3.63, 3.8) is 0 Å². The average molecular weight is 373 g/mol. The fourth-order valence-corrected chi connectivity index (χ4v) is 3.63. The Kier molecular flexibility index (Phi) is 6.11. The van der Waals surface area contributed by atoms with Crippen molar-refractivity contribution in [3.05, 3.63) is 29.8 Å². The minimum absolute atomic E-state index is 0.0379. The third-order valence-corrected chi connectivity index (χ3v) is 5.32. The minimum atomic E-state index is -0.112. The Morgan fingerprint density at radius 3 is 2.56 bits per heavy atom. The quantitative estimate of drug-likeness (QED) is 0.875. The monoisotopic (exact) mass is 373 g/mol. The molecule has 0 aliphatic carbocycles. The standard InChI is InChI=1S/C20H27N3O4/c1-14-13-27-11-10-23(14)20(26)17-4-3-5-18(12-17)21-19(25)16-6-8-22(9-7-16)15(2)24/h3-5,12,14,16H,6-11,13H2,1-2H3,(H,21,25). The van der Waals surface area contributed by atoms with Gasteiger partial charge in [-0.05, 0) is 38.0 Å². The zero-order chi connectivity index (χ0) is 19.4. The van der Waals surface area contributed by atoms with E-state index in [4.69, 9.17) is 4.74 Å². The lowest BCUT2D eigenvalue weighted by atomic mass is 9.95. The molecule has 27 heavy (non-hydrogen) atoms. The maximum Gasteiger partial charge on any atom is 0.254 e. The highest BCUT2D eigenvalue weighted by molar-refractivity contribution is 5.98. The number of rotatable bonds is 3. The average Bonchev–Trinajstić information content (AvgIpc) is 2.68. The van der Waals surface area contributed by atoms with E-state index >= 15 is 0 Å². The highest BCUT2D eigenvalue weighted by Gasteiger charge is 2.27. The Hall–Kier alpha value is -2.41. The summed E-state index contributed by atoms with van der Waals surface area (Å²) in [6.07, 6.45) is 1.32. The smallest absolute Gasteiger partial charge is 0.254 e. The van der Waals surface area contributed by atoms with E-state index in [-0.39, 0.29) is 29.7 Å². The molecule has 3 rings (SSSR count). The van der Waals surface area contributed by atoms with Crippen LogP contribution in [0.15, 0.2) is 24.3 Å². The zero-order valence-electron chi connectivity index (χ0n) is 15.9. The first-order valence-corrected chi connectivity index (χ1v) is 9.51. The summed E-state index contributed by atoms with van der Waals surface area (Å²) in [5.74, 6) is -0.157. The van der Waals surface area contributed by atoms with Gasteiger partial charge in [0.05, 0.1) is 19.3 Å². The fourth-order valence-electron chi connectivity index (χ4n) is 3.63. The Labute approximate surface area is 159 Å². The first-order valence-electron chi connectivity index (χ1n) is 9.51. The van der Waals surface area contributed by atoms with Gasteiger partial charge in [0, 0.05) is 43.7 Å². The molecule has 1 unspecified atom stereocenters. The number of benzene rings is 1. The molecule has 0 spiro atoms. The van der Waals surface area contributed by atoms with Crippen LogP contribution in [0.25, 0.3) is 0 Å². The van der Waals surface area contributed by atoms with Crippen molar-refractivity contribution >= 4 is 23.4 Å². The Bertz CT molecular complexity index is 713. The fraction of sp³-hybridized carbons (Fsp3) is 0.550. The minimum Gasteiger partial charge on any atom is -0.377 e. The molecule has 0 bridgehead atoms. The summed E-state index contributed by atoms with van der Waals surface area (Å²) in [7, 11) is 0. The van der Waals surface area contributed by atoms with Crippen LogP contribution in [0.4, 0.5) is 5.69 Å². The lowest BCUT2D eigenvalue weighted by Gasteiger charge is -2.33. The van der Waals surface area contributed by atoms with E-state index in [9.17, 15) is 14.4 Å². The second-order valence-corrected chi connectivity index (χ2v) is 7.27. The van der Waals surface area contributed by atoms with Gasteiger partial charge in [0.15, 0.2) is 0 Å². The van der Waals surface area contributed by atoms with E-state index in [1.165, 1.54) is 0 Å². The van der Waals surface area contributed by atoms with Crippen molar-refractivity contribution in [3.8, 4) is 0 Å². The van der Waals surface area contributed by atoms with Gasteiger partial charge in [-0.1, -0.05) is 6.07 Å². The summed E-state index contributed by atoms with van der Waals surface area (Å²) in [4.78, 5) is 40.3. The van der Waals surface area contributed by atoms with Crippen LogP contribution in [-0.4, -0.2) is 66.4 Å². The number of morpholine rings is 1. The van der Waals surface area contributed by atoms with Crippen LogP contribution in [0.5, 0.6) is 0 Å². The molecule has 2 aliphatic heterocycles. The SMILES string of the molecule is CC(=O)N1CCC(C(=O)Nc2cccc(C(=O)N3CCOCC3C)c2)CC1. The maximum atomic E-state index is 12.8. The highest BCUT2D eigenvalue weighted by Crippen LogP contribution is 2.21. The summed E-state index contributed by atoms with van der Waals surface area (Å²) in [5, 5.41) is 2.93. The number of hydrogen-bond acceptors (Lipinski definition) is 4. The molecule has 2 heterocycles. The molecule has 1 aromatic rings. The summed E-state index contributed by atoms with van der Waals surface area (Å²) < 4.78 is 5.39. The molecule has 7 nitrogen and oxygen atoms in total. The number of likely N-dealkylation sites (tertiary alicyclic amines) is 1. The van der Waals surface area contributed by atoms with Gasteiger partial charge >= 0.3 is 0 Å². The molecule has 146 valence electrons. The topological polar surface area (TPSA) is 79.0 Å². The molecular formula is C20H27N3O4. The molecular weight excluding hydrogens is 346 g/mol. The van der Waals surface area contributed by atoms with Gasteiger partial charge < -0.3 is 19.9 Å². The molecule has 1 N–H and O–H groups in total. The Morgan fingerprint density at radius 2 is 1.89 bits per heavy atom. The number of carbonyl (C=O) groups excluding carboxylic acids is 3. The van der Waals surface area contributed by atoms with E-state index < -0.39 is 0 Å². The number of hydrogen-bond donors (Lipinski definition) is 1. The molecule has 2 fully saturated rings. The first kappa shape index (κ1) is 19.4. The third-order valence-electron chi connectivity index (χ3n) is 5.32. The third kappa shape index (κ3) is 4.66. The molecule has 2 saturated heterocycles. The van der Waals surface area contributed by atoms with Gasteiger partial charge in [0.25, 0.3) is 5.91 Å². The number of nitrogens with one attached hydrogen (secondary N) is 1. The molecule has 1 aromatic carbocycles. The lowest BCUT2D eigenvalue weighted by Crippen LogP contribution is -2.47. The summed E-state index contributed by atoms with van der Waals surface area (Å²) in [6, 6.07) is 7.11. The van der Waals surface area contributed by atoms with Crippen LogP contribution < -0.4 is 5.32 Å². The van der Waals surface area contributed by atoms with Gasteiger partial charge in [-0.3, -0.25) is 14.4 Å². The summed E-state index contributed by atoms with van der Waals surface area (Å²) in [6.45, 7) is 6.41. The van der Waals surface area contributed by atoms with Crippen LogP contribution in [0, 0.1) is 5.92 Å². The molecule has 1 atom stereocenters. The second-order valence-electron chi connectivity index (χ2n) is 7.27. The van der Waals surface area contributed by atoms with Crippen LogP contribution in [0.1, 0.15) is 37.0 Å². The van der Waals surface area contributed by atoms with E-state index in [1.807, 2.05) is 11.8 Å².